The number of carboxylic acid groups (broad SMARTS) is 1. The molecule has 6 heteroatoms. The van der Waals surface area contributed by atoms with E-state index < -0.39 is 5.97 Å². The van der Waals surface area contributed by atoms with Gasteiger partial charge in [0.2, 0.25) is 0 Å². The van der Waals surface area contributed by atoms with Crippen molar-refractivity contribution >= 4 is 5.97 Å². The summed E-state index contributed by atoms with van der Waals surface area (Å²) < 4.78 is 8.22. The third-order valence-electron chi connectivity index (χ3n) is 5.15. The van der Waals surface area contributed by atoms with Crippen LogP contribution in [0.25, 0.3) is 11.4 Å². The molecule has 158 valence electrons. The van der Waals surface area contributed by atoms with Gasteiger partial charge in [-0.1, -0.05) is 25.1 Å². The van der Waals surface area contributed by atoms with Gasteiger partial charge in [0.15, 0.2) is 0 Å². The molecule has 1 N–H and O–H groups in total. The molecule has 0 saturated heterocycles. The second-order valence-corrected chi connectivity index (χ2v) is 7.80. The van der Waals surface area contributed by atoms with E-state index in [1.54, 1.807) is 0 Å². The molecule has 0 aliphatic rings. The lowest BCUT2D eigenvalue weighted by atomic mass is 10.0. The molecule has 30 heavy (non-hydrogen) atoms. The second kappa shape index (κ2) is 10.1. The monoisotopic (exact) mass is 407 g/mol. The number of aromatic nitrogens is 3. The molecule has 1 aromatic carbocycles. The minimum absolute atomic E-state index is 0.153. The predicted molar refractivity (Wildman–Crippen MR) is 117 cm³/mol. The number of imidazole rings is 1. The van der Waals surface area contributed by atoms with Crippen molar-refractivity contribution in [3.05, 3.63) is 65.7 Å². The molecule has 3 rings (SSSR count). The highest BCUT2D eigenvalue weighted by atomic mass is 16.5. The largest absolute Gasteiger partial charge is 0.493 e. The topological polar surface area (TPSA) is 77.2 Å². The van der Waals surface area contributed by atoms with Crippen LogP contribution in [0, 0.1) is 19.8 Å². The molecule has 2 aromatic heterocycles. The Labute approximate surface area is 177 Å². The first-order chi connectivity index (χ1) is 14.4. The molecule has 0 fully saturated rings. The van der Waals surface area contributed by atoms with Crippen LogP contribution in [-0.4, -0.2) is 32.2 Å². The number of carbonyl (C=O) groups is 1. The minimum atomic E-state index is -0.746. The molecule has 0 radical (unpaired) electrons. The summed E-state index contributed by atoms with van der Waals surface area (Å²) in [4.78, 5) is 19.8. The van der Waals surface area contributed by atoms with Gasteiger partial charge in [-0.3, -0.25) is 9.78 Å². The van der Waals surface area contributed by atoms with Gasteiger partial charge >= 0.3 is 5.97 Å². The van der Waals surface area contributed by atoms with Crippen LogP contribution in [0.15, 0.2) is 48.8 Å². The van der Waals surface area contributed by atoms with E-state index in [9.17, 15) is 4.79 Å². The lowest BCUT2D eigenvalue weighted by Crippen LogP contribution is -2.09. The third-order valence-corrected chi connectivity index (χ3v) is 5.15. The summed E-state index contributed by atoms with van der Waals surface area (Å²) in [5.41, 5.74) is 4.12. The van der Waals surface area contributed by atoms with E-state index >= 15 is 0 Å². The number of hydrogen-bond donors (Lipinski definition) is 1. The van der Waals surface area contributed by atoms with Crippen LogP contribution in [-0.2, 0) is 11.3 Å². The molecule has 2 heterocycles. The number of pyridine rings is 1. The fraction of sp³-hybridized carbons (Fsp3) is 0.375. The lowest BCUT2D eigenvalue weighted by molar-refractivity contribution is -0.138. The Morgan fingerprint density at radius 1 is 1.13 bits per heavy atom. The van der Waals surface area contributed by atoms with Crippen molar-refractivity contribution in [3.63, 3.8) is 0 Å². The maximum Gasteiger partial charge on any atom is 0.303 e. The average molecular weight is 408 g/mol. The molecule has 6 nitrogen and oxygen atoms in total. The normalized spacial score (nSPS) is 12.0. The first kappa shape index (κ1) is 21.6. The quantitative estimate of drug-likeness (QED) is 0.485. The van der Waals surface area contributed by atoms with E-state index in [0.717, 1.165) is 46.9 Å². The summed E-state index contributed by atoms with van der Waals surface area (Å²) >= 11 is 0. The summed E-state index contributed by atoms with van der Waals surface area (Å²) in [6.45, 7) is 7.20. The number of rotatable bonds is 10. The molecule has 0 aliphatic heterocycles. The Morgan fingerprint density at radius 3 is 2.67 bits per heavy atom. The van der Waals surface area contributed by atoms with Gasteiger partial charge in [-0.25, -0.2) is 4.98 Å². The van der Waals surface area contributed by atoms with Crippen LogP contribution in [0.3, 0.4) is 0 Å². The van der Waals surface area contributed by atoms with Crippen molar-refractivity contribution in [2.45, 2.75) is 46.6 Å². The van der Waals surface area contributed by atoms with Gasteiger partial charge in [0.25, 0.3) is 0 Å². The van der Waals surface area contributed by atoms with Crippen molar-refractivity contribution in [1.82, 2.24) is 14.5 Å². The van der Waals surface area contributed by atoms with Crippen molar-refractivity contribution < 1.29 is 14.6 Å². The average Bonchev–Trinajstić information content (AvgIpc) is 3.07. The third kappa shape index (κ3) is 5.69. The number of aryl methyl sites for hydroxylation is 2. The van der Waals surface area contributed by atoms with E-state index in [1.807, 2.05) is 63.5 Å². The lowest BCUT2D eigenvalue weighted by Gasteiger charge is -2.15. The van der Waals surface area contributed by atoms with Crippen LogP contribution in [0.2, 0.25) is 0 Å². The standard InChI is InChI=1S/C24H29N3O3/c1-17(13-23(28)29)7-6-12-30-22-9-5-4-8-21(22)16-27-19(3)14-26-24(27)20-11-10-18(2)25-15-20/h4-5,8-11,14-15,17H,6-7,12-13,16H2,1-3H3,(H,28,29)/t17-/m0/s1. The van der Waals surface area contributed by atoms with Gasteiger partial charge in [-0.05, 0) is 50.8 Å². The number of benzene rings is 1. The number of ether oxygens (including phenoxy) is 1. The summed E-state index contributed by atoms with van der Waals surface area (Å²) in [7, 11) is 0. The Hall–Kier alpha value is -3.15. The maximum absolute atomic E-state index is 10.8. The fourth-order valence-electron chi connectivity index (χ4n) is 3.45. The van der Waals surface area contributed by atoms with Crippen LogP contribution < -0.4 is 4.74 Å². The molecular formula is C24H29N3O3. The Bertz CT molecular complexity index is 980. The molecule has 0 unspecified atom stereocenters. The van der Waals surface area contributed by atoms with Crippen LogP contribution >= 0.6 is 0 Å². The van der Waals surface area contributed by atoms with Gasteiger partial charge in [0.1, 0.15) is 11.6 Å². The van der Waals surface area contributed by atoms with E-state index in [2.05, 4.69) is 20.6 Å². The van der Waals surface area contributed by atoms with Crippen molar-refractivity contribution in [2.24, 2.45) is 5.92 Å². The first-order valence-corrected chi connectivity index (χ1v) is 10.3. The minimum Gasteiger partial charge on any atom is -0.493 e. The van der Waals surface area contributed by atoms with E-state index in [-0.39, 0.29) is 12.3 Å². The molecule has 0 amide bonds. The van der Waals surface area contributed by atoms with E-state index in [1.165, 1.54) is 0 Å². The second-order valence-electron chi connectivity index (χ2n) is 7.80. The number of aliphatic carboxylic acids is 1. The maximum atomic E-state index is 10.8. The van der Waals surface area contributed by atoms with Gasteiger partial charge in [0, 0.05) is 41.3 Å². The number of para-hydroxylation sites is 1. The van der Waals surface area contributed by atoms with Gasteiger partial charge in [0.05, 0.1) is 13.2 Å². The van der Waals surface area contributed by atoms with Crippen molar-refractivity contribution in [2.75, 3.05) is 6.61 Å². The summed E-state index contributed by atoms with van der Waals surface area (Å²) in [6.07, 6.45) is 5.59. The smallest absolute Gasteiger partial charge is 0.303 e. The predicted octanol–water partition coefficient (Wildman–Crippen LogP) is 4.88. The summed E-state index contributed by atoms with van der Waals surface area (Å²) in [6, 6.07) is 12.1. The highest BCUT2D eigenvalue weighted by Crippen LogP contribution is 2.25. The van der Waals surface area contributed by atoms with Crippen LogP contribution in [0.4, 0.5) is 0 Å². The summed E-state index contributed by atoms with van der Waals surface area (Å²) in [5.74, 6) is 1.14. The van der Waals surface area contributed by atoms with Gasteiger partial charge < -0.3 is 14.4 Å². The van der Waals surface area contributed by atoms with Gasteiger partial charge in [-0.15, -0.1) is 0 Å². The molecule has 0 saturated carbocycles. The highest BCUT2D eigenvalue weighted by Gasteiger charge is 2.13. The molecule has 1 atom stereocenters. The zero-order chi connectivity index (χ0) is 21.5. The number of carboxylic acids is 1. The Morgan fingerprint density at radius 2 is 1.93 bits per heavy atom. The SMILES string of the molecule is Cc1ccc(-c2ncc(C)n2Cc2ccccc2OCCC[C@H](C)CC(=O)O)cn1. The zero-order valence-corrected chi connectivity index (χ0v) is 17.8. The highest BCUT2D eigenvalue weighted by molar-refractivity contribution is 5.66. The first-order valence-electron chi connectivity index (χ1n) is 10.3. The molecular weight excluding hydrogens is 378 g/mol. The van der Waals surface area contributed by atoms with Crippen LogP contribution in [0.5, 0.6) is 5.75 Å². The van der Waals surface area contributed by atoms with E-state index in [0.29, 0.717) is 13.2 Å². The fourth-order valence-corrected chi connectivity index (χ4v) is 3.45. The van der Waals surface area contributed by atoms with Crippen molar-refractivity contribution in [1.29, 1.82) is 0 Å². The number of hydrogen-bond acceptors (Lipinski definition) is 4. The molecule has 0 aliphatic carbocycles. The Kier molecular flexibility index (Phi) is 7.22. The number of nitrogens with zero attached hydrogens (tertiary/aromatic N) is 3. The zero-order valence-electron chi connectivity index (χ0n) is 17.8. The Balaban J connectivity index is 1.69. The summed E-state index contributed by atoms with van der Waals surface area (Å²) in [5, 5.41) is 8.88. The molecule has 0 bridgehead atoms. The molecule has 0 spiro atoms. The van der Waals surface area contributed by atoms with Crippen molar-refractivity contribution in [3.8, 4) is 17.1 Å². The van der Waals surface area contributed by atoms with Crippen LogP contribution in [0.1, 0.15) is 43.1 Å². The van der Waals surface area contributed by atoms with Gasteiger partial charge in [-0.2, -0.15) is 0 Å². The van der Waals surface area contributed by atoms with E-state index in [4.69, 9.17) is 9.84 Å². The molecule has 3 aromatic rings.